The fourth-order valence-corrected chi connectivity index (χ4v) is 2.92. The van der Waals surface area contributed by atoms with E-state index in [4.69, 9.17) is 0 Å². The van der Waals surface area contributed by atoms with Crippen molar-refractivity contribution in [2.24, 2.45) is 0 Å². The quantitative estimate of drug-likeness (QED) is 0.811. The molecule has 1 aromatic heterocycles. The van der Waals surface area contributed by atoms with Crippen LogP contribution in [-0.4, -0.2) is 15.7 Å². The highest BCUT2D eigenvalue weighted by molar-refractivity contribution is 5.96. The van der Waals surface area contributed by atoms with Gasteiger partial charge in [-0.25, -0.2) is 4.68 Å². The zero-order valence-corrected chi connectivity index (χ0v) is 14.7. The molecule has 1 aromatic carbocycles. The molecule has 2 rings (SSSR count). The number of carbonyl (C=O) groups excluding carboxylic acids is 1. The Bertz CT molecular complexity index is 685. The van der Waals surface area contributed by atoms with Crippen LogP contribution in [0, 0.1) is 13.8 Å². The highest BCUT2D eigenvalue weighted by atomic mass is 16.2. The first-order valence-electron chi connectivity index (χ1n) is 7.84. The largest absolute Gasteiger partial charge is 0.278 e. The molecule has 0 atom stereocenters. The van der Waals surface area contributed by atoms with Crippen molar-refractivity contribution in [3.05, 3.63) is 52.3 Å². The van der Waals surface area contributed by atoms with E-state index in [9.17, 15) is 4.79 Å². The molecule has 0 aliphatic carbocycles. The van der Waals surface area contributed by atoms with Crippen molar-refractivity contribution in [2.45, 2.75) is 59.8 Å². The lowest BCUT2D eigenvalue weighted by Crippen LogP contribution is -2.16. The molecule has 3 nitrogen and oxygen atoms in total. The molecule has 2 aromatic rings. The predicted molar refractivity (Wildman–Crippen MR) is 90.7 cm³/mol. The van der Waals surface area contributed by atoms with Gasteiger partial charge in [-0.2, -0.15) is 5.10 Å². The van der Waals surface area contributed by atoms with Gasteiger partial charge in [-0.1, -0.05) is 46.8 Å². The Morgan fingerprint density at radius 2 is 1.64 bits per heavy atom. The second-order valence-electron chi connectivity index (χ2n) is 7.28. The van der Waals surface area contributed by atoms with Gasteiger partial charge in [0.1, 0.15) is 0 Å². The Hall–Kier alpha value is -1.90. The SMILES string of the molecule is Cc1nn(C(=O)c2ccc(C(C)(C)C)cc2)c(C)c1C(C)C. The summed E-state index contributed by atoms with van der Waals surface area (Å²) < 4.78 is 1.54. The van der Waals surface area contributed by atoms with Gasteiger partial charge in [0.2, 0.25) is 0 Å². The van der Waals surface area contributed by atoms with E-state index in [0.717, 1.165) is 11.4 Å². The molecule has 0 N–H and O–H groups in total. The molecule has 0 radical (unpaired) electrons. The highest BCUT2D eigenvalue weighted by Crippen LogP contribution is 2.25. The first kappa shape index (κ1) is 16.5. The molecule has 3 heteroatoms. The lowest BCUT2D eigenvalue weighted by atomic mass is 9.87. The molecule has 0 amide bonds. The molecular weight excluding hydrogens is 272 g/mol. The fourth-order valence-electron chi connectivity index (χ4n) is 2.92. The zero-order valence-electron chi connectivity index (χ0n) is 14.7. The van der Waals surface area contributed by atoms with Crippen LogP contribution in [0.2, 0.25) is 0 Å². The predicted octanol–water partition coefficient (Wildman–Crippen LogP) is 4.61. The lowest BCUT2D eigenvalue weighted by molar-refractivity contribution is 0.0942. The fraction of sp³-hybridized carbons (Fsp3) is 0.474. The summed E-state index contributed by atoms with van der Waals surface area (Å²) in [6.07, 6.45) is 0. The Labute approximate surface area is 133 Å². The molecule has 0 unspecified atom stereocenters. The van der Waals surface area contributed by atoms with Crippen molar-refractivity contribution in [3.8, 4) is 0 Å². The first-order valence-corrected chi connectivity index (χ1v) is 7.84. The van der Waals surface area contributed by atoms with Crippen LogP contribution in [0.1, 0.15) is 73.4 Å². The van der Waals surface area contributed by atoms with Crippen molar-refractivity contribution in [1.82, 2.24) is 9.78 Å². The summed E-state index contributed by atoms with van der Waals surface area (Å²) in [6.45, 7) is 14.7. The van der Waals surface area contributed by atoms with Crippen molar-refractivity contribution in [1.29, 1.82) is 0 Å². The molecule has 0 aliphatic heterocycles. The standard InChI is InChI=1S/C19H26N2O/c1-12(2)17-13(3)20-21(14(17)4)18(22)15-8-10-16(11-9-15)19(5,6)7/h8-12H,1-7H3. The second-order valence-corrected chi connectivity index (χ2v) is 7.28. The van der Waals surface area contributed by atoms with Crippen molar-refractivity contribution < 1.29 is 4.79 Å². The molecule has 0 saturated carbocycles. The molecule has 0 spiro atoms. The van der Waals surface area contributed by atoms with Gasteiger partial charge in [0.15, 0.2) is 0 Å². The van der Waals surface area contributed by atoms with Crippen LogP contribution in [0.15, 0.2) is 24.3 Å². The van der Waals surface area contributed by atoms with Gasteiger partial charge in [-0.05, 0) is 48.4 Å². The third-order valence-corrected chi connectivity index (χ3v) is 4.11. The summed E-state index contributed by atoms with van der Waals surface area (Å²) in [5.74, 6) is 0.303. The summed E-state index contributed by atoms with van der Waals surface area (Å²) >= 11 is 0. The topological polar surface area (TPSA) is 34.9 Å². The van der Waals surface area contributed by atoms with E-state index in [1.54, 1.807) is 0 Å². The van der Waals surface area contributed by atoms with E-state index in [1.165, 1.54) is 15.8 Å². The van der Waals surface area contributed by atoms with E-state index >= 15 is 0 Å². The summed E-state index contributed by atoms with van der Waals surface area (Å²) in [7, 11) is 0. The summed E-state index contributed by atoms with van der Waals surface area (Å²) in [5.41, 5.74) is 5.03. The van der Waals surface area contributed by atoms with Crippen LogP contribution >= 0.6 is 0 Å². The molecule has 22 heavy (non-hydrogen) atoms. The number of aryl methyl sites for hydroxylation is 1. The molecular formula is C19H26N2O. The van der Waals surface area contributed by atoms with Gasteiger partial charge >= 0.3 is 0 Å². The number of benzene rings is 1. The number of hydrogen-bond donors (Lipinski definition) is 0. The van der Waals surface area contributed by atoms with Crippen molar-refractivity contribution in [3.63, 3.8) is 0 Å². The minimum atomic E-state index is -0.0621. The number of carbonyl (C=O) groups is 1. The summed E-state index contributed by atoms with van der Waals surface area (Å²) in [4.78, 5) is 12.7. The number of aromatic nitrogens is 2. The van der Waals surface area contributed by atoms with Crippen LogP contribution in [0.3, 0.4) is 0 Å². The molecule has 1 heterocycles. The molecule has 0 saturated heterocycles. The number of hydrogen-bond acceptors (Lipinski definition) is 2. The van der Waals surface area contributed by atoms with Gasteiger partial charge in [-0.3, -0.25) is 4.79 Å². The first-order chi connectivity index (χ1) is 10.1. The smallest absolute Gasteiger partial charge is 0.267 e. The number of rotatable bonds is 2. The Kier molecular flexibility index (Phi) is 4.28. The van der Waals surface area contributed by atoms with E-state index < -0.39 is 0 Å². The van der Waals surface area contributed by atoms with Gasteiger partial charge in [-0.15, -0.1) is 0 Å². The van der Waals surface area contributed by atoms with E-state index in [-0.39, 0.29) is 11.3 Å². The molecule has 0 aliphatic rings. The monoisotopic (exact) mass is 298 g/mol. The summed E-state index contributed by atoms with van der Waals surface area (Å²) in [5, 5.41) is 4.45. The zero-order chi connectivity index (χ0) is 16.7. The van der Waals surface area contributed by atoms with Crippen LogP contribution in [0.25, 0.3) is 0 Å². The maximum absolute atomic E-state index is 12.7. The minimum absolute atomic E-state index is 0.0621. The minimum Gasteiger partial charge on any atom is -0.267 e. The normalized spacial score (nSPS) is 12.0. The van der Waals surface area contributed by atoms with Crippen LogP contribution in [0.5, 0.6) is 0 Å². The van der Waals surface area contributed by atoms with Gasteiger partial charge < -0.3 is 0 Å². The Balaban J connectivity index is 2.39. The molecule has 0 fully saturated rings. The lowest BCUT2D eigenvalue weighted by Gasteiger charge is -2.19. The van der Waals surface area contributed by atoms with E-state index in [1.807, 2.05) is 38.1 Å². The molecule has 118 valence electrons. The van der Waals surface area contributed by atoms with Crippen LogP contribution in [0.4, 0.5) is 0 Å². The second kappa shape index (κ2) is 5.71. The highest BCUT2D eigenvalue weighted by Gasteiger charge is 2.20. The van der Waals surface area contributed by atoms with E-state index in [2.05, 4.69) is 39.7 Å². The maximum atomic E-state index is 12.7. The third kappa shape index (κ3) is 2.99. The molecule has 0 bridgehead atoms. The van der Waals surface area contributed by atoms with Crippen molar-refractivity contribution >= 4 is 5.91 Å². The Morgan fingerprint density at radius 3 is 2.05 bits per heavy atom. The van der Waals surface area contributed by atoms with Gasteiger partial charge in [0.25, 0.3) is 5.91 Å². The number of nitrogens with zero attached hydrogens (tertiary/aromatic N) is 2. The average Bonchev–Trinajstić information content (AvgIpc) is 2.72. The van der Waals surface area contributed by atoms with Gasteiger partial charge in [0.05, 0.1) is 5.69 Å². The van der Waals surface area contributed by atoms with Crippen LogP contribution < -0.4 is 0 Å². The van der Waals surface area contributed by atoms with E-state index in [0.29, 0.717) is 11.5 Å². The summed E-state index contributed by atoms with van der Waals surface area (Å²) in [6, 6.07) is 7.85. The van der Waals surface area contributed by atoms with Crippen molar-refractivity contribution in [2.75, 3.05) is 0 Å². The van der Waals surface area contributed by atoms with Gasteiger partial charge in [0, 0.05) is 11.3 Å². The average molecular weight is 298 g/mol. The maximum Gasteiger partial charge on any atom is 0.278 e. The third-order valence-electron chi connectivity index (χ3n) is 4.11. The Morgan fingerprint density at radius 1 is 1.09 bits per heavy atom. The van der Waals surface area contributed by atoms with Crippen LogP contribution in [-0.2, 0) is 5.41 Å².